The summed E-state index contributed by atoms with van der Waals surface area (Å²) in [6, 6.07) is 6.32. The molecular formula is C14H23BrN2O. The summed E-state index contributed by atoms with van der Waals surface area (Å²) in [5.41, 5.74) is 4.16. The summed E-state index contributed by atoms with van der Waals surface area (Å²) in [4.78, 5) is 0. The molecule has 18 heavy (non-hydrogen) atoms. The summed E-state index contributed by atoms with van der Waals surface area (Å²) in [6.07, 6.45) is 3.25. The summed E-state index contributed by atoms with van der Waals surface area (Å²) in [7, 11) is 1.69. The van der Waals surface area contributed by atoms with Crippen LogP contribution in [0.15, 0.2) is 22.7 Å². The van der Waals surface area contributed by atoms with Crippen molar-refractivity contribution in [3.63, 3.8) is 0 Å². The van der Waals surface area contributed by atoms with Gasteiger partial charge in [0, 0.05) is 10.5 Å². The first-order valence-corrected chi connectivity index (χ1v) is 7.20. The van der Waals surface area contributed by atoms with E-state index in [1.165, 1.54) is 18.4 Å². The van der Waals surface area contributed by atoms with Crippen LogP contribution < -0.4 is 16.0 Å². The van der Waals surface area contributed by atoms with Crippen molar-refractivity contribution in [2.75, 3.05) is 7.11 Å². The molecule has 3 N–H and O–H groups in total. The topological polar surface area (TPSA) is 47.3 Å². The molecular weight excluding hydrogens is 292 g/mol. The van der Waals surface area contributed by atoms with Gasteiger partial charge in [0.2, 0.25) is 0 Å². The summed E-state index contributed by atoms with van der Waals surface area (Å²) >= 11 is 3.58. The Morgan fingerprint density at radius 1 is 1.44 bits per heavy atom. The monoisotopic (exact) mass is 314 g/mol. The van der Waals surface area contributed by atoms with Crippen LogP contribution in [-0.2, 0) is 6.42 Å². The zero-order chi connectivity index (χ0) is 13.5. The van der Waals surface area contributed by atoms with Gasteiger partial charge < -0.3 is 4.74 Å². The Morgan fingerprint density at radius 2 is 2.17 bits per heavy atom. The van der Waals surface area contributed by atoms with E-state index < -0.39 is 0 Å². The van der Waals surface area contributed by atoms with E-state index in [1.807, 2.05) is 12.1 Å². The Hall–Kier alpha value is -0.580. The maximum atomic E-state index is 5.68. The highest BCUT2D eigenvalue weighted by Gasteiger charge is 2.17. The highest BCUT2D eigenvalue weighted by Crippen LogP contribution is 2.25. The lowest BCUT2D eigenvalue weighted by Crippen LogP contribution is -2.41. The van der Waals surface area contributed by atoms with Crippen molar-refractivity contribution in [3.05, 3.63) is 28.2 Å². The third-order valence-corrected chi connectivity index (χ3v) is 4.11. The lowest BCUT2D eigenvalue weighted by molar-refractivity contribution is 0.355. The molecule has 0 saturated heterocycles. The van der Waals surface area contributed by atoms with Crippen LogP contribution in [0.3, 0.4) is 0 Å². The smallest absolute Gasteiger partial charge is 0.119 e. The van der Waals surface area contributed by atoms with Crippen LogP contribution in [0.2, 0.25) is 0 Å². The van der Waals surface area contributed by atoms with Crippen molar-refractivity contribution in [1.29, 1.82) is 0 Å². The summed E-state index contributed by atoms with van der Waals surface area (Å²) in [6.45, 7) is 4.44. The summed E-state index contributed by atoms with van der Waals surface area (Å²) in [5, 5.41) is 0. The lowest BCUT2D eigenvalue weighted by Gasteiger charge is -2.23. The molecule has 0 amide bonds. The van der Waals surface area contributed by atoms with Gasteiger partial charge in [-0.05, 0) is 42.5 Å². The fourth-order valence-corrected chi connectivity index (χ4v) is 2.56. The average Bonchev–Trinajstić information content (AvgIpc) is 2.38. The first-order valence-electron chi connectivity index (χ1n) is 6.40. The van der Waals surface area contributed by atoms with Crippen LogP contribution >= 0.6 is 15.9 Å². The van der Waals surface area contributed by atoms with Crippen LogP contribution in [-0.4, -0.2) is 13.2 Å². The molecule has 0 fully saturated rings. The van der Waals surface area contributed by atoms with Gasteiger partial charge in [-0.15, -0.1) is 0 Å². The second-order valence-electron chi connectivity index (χ2n) is 4.70. The van der Waals surface area contributed by atoms with E-state index in [0.29, 0.717) is 5.92 Å². The zero-order valence-corrected chi connectivity index (χ0v) is 13.0. The molecule has 0 radical (unpaired) electrons. The molecule has 3 nitrogen and oxygen atoms in total. The molecule has 0 aliphatic carbocycles. The molecule has 0 spiro atoms. The summed E-state index contributed by atoms with van der Waals surface area (Å²) < 4.78 is 6.36. The molecule has 0 bridgehead atoms. The second kappa shape index (κ2) is 7.77. The molecule has 1 aromatic rings. The van der Waals surface area contributed by atoms with Gasteiger partial charge in [-0.2, -0.15) is 0 Å². The van der Waals surface area contributed by atoms with Crippen LogP contribution in [0.25, 0.3) is 0 Å². The maximum Gasteiger partial charge on any atom is 0.119 e. The minimum Gasteiger partial charge on any atom is -0.497 e. The zero-order valence-electron chi connectivity index (χ0n) is 11.4. The van der Waals surface area contributed by atoms with E-state index in [2.05, 4.69) is 41.3 Å². The first kappa shape index (κ1) is 15.5. The Morgan fingerprint density at radius 3 is 2.72 bits per heavy atom. The quantitative estimate of drug-likeness (QED) is 0.600. The molecule has 2 unspecified atom stereocenters. The number of rotatable bonds is 7. The number of methoxy groups -OCH3 is 1. The van der Waals surface area contributed by atoms with Crippen molar-refractivity contribution >= 4 is 15.9 Å². The molecule has 0 heterocycles. The molecule has 1 aromatic carbocycles. The van der Waals surface area contributed by atoms with Gasteiger partial charge in [0.15, 0.2) is 0 Å². The number of halogens is 1. The maximum absolute atomic E-state index is 5.68. The van der Waals surface area contributed by atoms with E-state index in [1.54, 1.807) is 7.11 Å². The highest BCUT2D eigenvalue weighted by molar-refractivity contribution is 9.10. The lowest BCUT2D eigenvalue weighted by atomic mass is 9.92. The van der Waals surface area contributed by atoms with Crippen molar-refractivity contribution in [1.82, 2.24) is 5.43 Å². The fourth-order valence-electron chi connectivity index (χ4n) is 2.15. The Balaban J connectivity index is 2.80. The SMILES string of the molecule is CCCC(C)C(Cc1cc(OC)ccc1Br)NN. The Labute approximate surface area is 118 Å². The summed E-state index contributed by atoms with van der Waals surface area (Å²) in [5.74, 6) is 7.11. The minimum atomic E-state index is 0.286. The number of nitrogens with two attached hydrogens (primary N) is 1. The standard InChI is InChI=1S/C14H23BrN2O/c1-4-5-10(2)14(17-16)9-11-8-12(18-3)6-7-13(11)15/h6-8,10,14,17H,4-5,9,16H2,1-3H3. The number of ether oxygens (including phenoxy) is 1. The molecule has 4 heteroatoms. The number of hydrogen-bond donors (Lipinski definition) is 2. The first-order chi connectivity index (χ1) is 8.62. The van der Waals surface area contributed by atoms with Crippen LogP contribution in [0.1, 0.15) is 32.3 Å². The Kier molecular flexibility index (Phi) is 6.68. The second-order valence-corrected chi connectivity index (χ2v) is 5.55. The molecule has 0 aliphatic heterocycles. The van der Waals surface area contributed by atoms with E-state index in [-0.39, 0.29) is 6.04 Å². The van der Waals surface area contributed by atoms with Gasteiger partial charge in [-0.25, -0.2) is 0 Å². The van der Waals surface area contributed by atoms with Gasteiger partial charge >= 0.3 is 0 Å². The van der Waals surface area contributed by atoms with E-state index in [0.717, 1.165) is 16.6 Å². The van der Waals surface area contributed by atoms with E-state index >= 15 is 0 Å². The number of nitrogens with one attached hydrogen (secondary N) is 1. The molecule has 1 rings (SSSR count). The van der Waals surface area contributed by atoms with Gasteiger partial charge in [0.05, 0.1) is 7.11 Å². The predicted octanol–water partition coefficient (Wildman–Crippen LogP) is 3.27. The molecule has 0 aliphatic rings. The van der Waals surface area contributed by atoms with Crippen LogP contribution in [0, 0.1) is 5.92 Å². The van der Waals surface area contributed by atoms with Crippen LogP contribution in [0.4, 0.5) is 0 Å². The molecule has 2 atom stereocenters. The van der Waals surface area contributed by atoms with Crippen molar-refractivity contribution in [2.45, 2.75) is 39.2 Å². The molecule has 102 valence electrons. The van der Waals surface area contributed by atoms with Crippen molar-refractivity contribution in [2.24, 2.45) is 11.8 Å². The molecule has 0 aromatic heterocycles. The number of hydrogen-bond acceptors (Lipinski definition) is 3. The fraction of sp³-hybridized carbons (Fsp3) is 0.571. The Bertz CT molecular complexity index is 371. The predicted molar refractivity (Wildman–Crippen MR) is 79.6 cm³/mol. The normalized spacial score (nSPS) is 14.3. The van der Waals surface area contributed by atoms with Gasteiger partial charge in [-0.3, -0.25) is 11.3 Å². The van der Waals surface area contributed by atoms with Gasteiger partial charge in [0.1, 0.15) is 5.75 Å². The largest absolute Gasteiger partial charge is 0.497 e. The average molecular weight is 315 g/mol. The van der Waals surface area contributed by atoms with Crippen molar-refractivity contribution in [3.8, 4) is 5.75 Å². The number of benzene rings is 1. The van der Waals surface area contributed by atoms with Crippen molar-refractivity contribution < 1.29 is 4.74 Å². The third-order valence-electron chi connectivity index (χ3n) is 3.34. The molecule has 0 saturated carbocycles. The minimum absolute atomic E-state index is 0.286. The highest BCUT2D eigenvalue weighted by atomic mass is 79.9. The van der Waals surface area contributed by atoms with E-state index in [9.17, 15) is 0 Å². The van der Waals surface area contributed by atoms with E-state index in [4.69, 9.17) is 10.6 Å². The number of hydrazine groups is 1. The van der Waals surface area contributed by atoms with Gasteiger partial charge in [-0.1, -0.05) is 36.2 Å². The van der Waals surface area contributed by atoms with Gasteiger partial charge in [0.25, 0.3) is 0 Å². The van der Waals surface area contributed by atoms with Crippen LogP contribution in [0.5, 0.6) is 5.75 Å². The third kappa shape index (κ3) is 4.26.